The number of hydrogen-bond donors (Lipinski definition) is 2. The molecule has 1 unspecified atom stereocenters. The average Bonchev–Trinajstić information content (AvgIpc) is 2.68. The van der Waals surface area contributed by atoms with Crippen LogP contribution in [0.4, 0.5) is 0 Å². The molecule has 0 aromatic heterocycles. The molecule has 0 aliphatic carbocycles. The Balaban J connectivity index is 3.00. The van der Waals surface area contributed by atoms with Gasteiger partial charge in [-0.1, -0.05) is 40.2 Å². The van der Waals surface area contributed by atoms with E-state index in [1.54, 1.807) is 18.9 Å². The number of nitrogens with zero attached hydrogens (tertiary/aromatic N) is 2. The molecule has 3 atom stereocenters. The lowest BCUT2D eigenvalue weighted by atomic mass is 9.96. The molecule has 172 valence electrons. The molecule has 1 heterocycles. The monoisotopic (exact) mass is 422 g/mol. The van der Waals surface area contributed by atoms with E-state index in [9.17, 15) is 14.4 Å². The fourth-order valence-corrected chi connectivity index (χ4v) is 3.92. The molecule has 7 nitrogen and oxygen atoms in total. The van der Waals surface area contributed by atoms with Crippen molar-refractivity contribution >= 4 is 17.7 Å². The average molecular weight is 423 g/mol. The third kappa shape index (κ3) is 7.11. The zero-order chi connectivity index (χ0) is 23.0. The third-order valence-electron chi connectivity index (χ3n) is 5.90. The lowest BCUT2D eigenvalue weighted by molar-refractivity contribution is -0.139. The van der Waals surface area contributed by atoms with Gasteiger partial charge in [-0.25, -0.2) is 0 Å². The van der Waals surface area contributed by atoms with Crippen molar-refractivity contribution in [2.45, 2.75) is 78.9 Å². The molecule has 0 bridgehead atoms. The predicted octanol–water partition coefficient (Wildman–Crippen LogP) is 2.18. The van der Waals surface area contributed by atoms with Crippen LogP contribution in [-0.4, -0.2) is 72.8 Å². The van der Waals surface area contributed by atoms with Crippen LogP contribution in [0.3, 0.4) is 0 Å². The number of hydrogen-bond acceptors (Lipinski definition) is 4. The van der Waals surface area contributed by atoms with Gasteiger partial charge in [-0.2, -0.15) is 0 Å². The van der Waals surface area contributed by atoms with E-state index in [4.69, 9.17) is 0 Å². The summed E-state index contributed by atoms with van der Waals surface area (Å²) in [5.74, 6) is -0.253. The molecule has 0 spiro atoms. The number of rotatable bonds is 9. The van der Waals surface area contributed by atoms with Crippen LogP contribution in [0.25, 0.3) is 0 Å². The molecule has 0 saturated carbocycles. The Morgan fingerprint density at radius 2 is 1.77 bits per heavy atom. The minimum absolute atomic E-state index is 0.0425. The normalized spacial score (nSPS) is 20.1. The molecule has 1 rings (SSSR count). The second-order valence-electron chi connectivity index (χ2n) is 9.12. The van der Waals surface area contributed by atoms with Crippen LogP contribution in [0, 0.1) is 11.8 Å². The highest BCUT2D eigenvalue weighted by Crippen LogP contribution is 2.19. The number of piperidine rings is 1. The van der Waals surface area contributed by atoms with E-state index < -0.39 is 6.04 Å². The number of carbonyl (C=O) groups is 3. The van der Waals surface area contributed by atoms with Gasteiger partial charge in [0, 0.05) is 19.2 Å². The van der Waals surface area contributed by atoms with Crippen LogP contribution < -0.4 is 10.6 Å². The molecular weight excluding hydrogens is 380 g/mol. The molecule has 3 amide bonds. The standard InChI is InChI=1S/C23H42N4O3/c1-9-24-21(28)17(6)14-19(15(2)3)27(8)23(30)20(16(4)5)25-22(29)18-12-10-11-13-26(18)7/h14-16,18-20H,9-13H2,1-8H3,(H,24,28)(H,25,29)/b17-14+/t18-,19-,20?/m1/s1. The van der Waals surface area contributed by atoms with Gasteiger partial charge in [-0.3, -0.25) is 19.3 Å². The first-order valence-corrected chi connectivity index (χ1v) is 11.2. The smallest absolute Gasteiger partial charge is 0.246 e. The maximum Gasteiger partial charge on any atom is 0.246 e. The number of likely N-dealkylation sites (N-methyl/N-ethyl adjacent to an activating group) is 3. The van der Waals surface area contributed by atoms with Crippen LogP contribution in [0.1, 0.15) is 60.8 Å². The fraction of sp³-hybridized carbons (Fsp3) is 0.783. The Morgan fingerprint density at radius 3 is 2.27 bits per heavy atom. The van der Waals surface area contributed by atoms with Crippen molar-refractivity contribution in [3.63, 3.8) is 0 Å². The first-order chi connectivity index (χ1) is 14.0. The largest absolute Gasteiger partial charge is 0.353 e. The topological polar surface area (TPSA) is 81.8 Å². The van der Waals surface area contributed by atoms with Gasteiger partial charge in [-0.15, -0.1) is 0 Å². The Kier molecular flexibility index (Phi) is 10.5. The summed E-state index contributed by atoms with van der Waals surface area (Å²) < 4.78 is 0. The van der Waals surface area contributed by atoms with Crippen LogP contribution in [0.5, 0.6) is 0 Å². The van der Waals surface area contributed by atoms with E-state index in [0.29, 0.717) is 12.1 Å². The van der Waals surface area contributed by atoms with E-state index >= 15 is 0 Å². The Morgan fingerprint density at radius 1 is 1.13 bits per heavy atom. The summed E-state index contributed by atoms with van der Waals surface area (Å²) >= 11 is 0. The summed E-state index contributed by atoms with van der Waals surface area (Å²) in [4.78, 5) is 42.2. The number of carbonyl (C=O) groups excluding carboxylic acids is 3. The number of nitrogens with one attached hydrogen (secondary N) is 2. The molecule has 1 aliphatic heterocycles. The lowest BCUT2D eigenvalue weighted by Crippen LogP contribution is -2.57. The highest BCUT2D eigenvalue weighted by Gasteiger charge is 2.34. The summed E-state index contributed by atoms with van der Waals surface area (Å²) in [7, 11) is 3.72. The molecule has 1 saturated heterocycles. The van der Waals surface area contributed by atoms with Crippen LogP contribution in [0.15, 0.2) is 11.6 Å². The highest BCUT2D eigenvalue weighted by molar-refractivity contribution is 5.93. The van der Waals surface area contributed by atoms with Crippen molar-refractivity contribution in [2.24, 2.45) is 11.8 Å². The van der Waals surface area contributed by atoms with Gasteiger partial charge < -0.3 is 15.5 Å². The second-order valence-corrected chi connectivity index (χ2v) is 9.12. The van der Waals surface area contributed by atoms with Gasteiger partial charge in [-0.05, 0) is 52.1 Å². The quantitative estimate of drug-likeness (QED) is 0.558. The molecule has 0 aromatic carbocycles. The maximum absolute atomic E-state index is 13.4. The maximum atomic E-state index is 13.4. The van der Waals surface area contributed by atoms with Crippen molar-refractivity contribution in [2.75, 3.05) is 27.2 Å². The van der Waals surface area contributed by atoms with Crippen molar-refractivity contribution in [3.8, 4) is 0 Å². The highest BCUT2D eigenvalue weighted by atomic mass is 16.2. The minimum atomic E-state index is -0.600. The Hall–Kier alpha value is -1.89. The molecule has 2 N–H and O–H groups in total. The number of likely N-dealkylation sites (tertiary alicyclic amines) is 1. The summed E-state index contributed by atoms with van der Waals surface area (Å²) in [5.41, 5.74) is 0.587. The van der Waals surface area contributed by atoms with Gasteiger partial charge in [0.25, 0.3) is 0 Å². The predicted molar refractivity (Wildman–Crippen MR) is 121 cm³/mol. The van der Waals surface area contributed by atoms with Gasteiger partial charge in [0.2, 0.25) is 17.7 Å². The lowest BCUT2D eigenvalue weighted by Gasteiger charge is -2.36. The zero-order valence-electron chi connectivity index (χ0n) is 20.1. The van der Waals surface area contributed by atoms with Gasteiger partial charge in [0.05, 0.1) is 12.1 Å². The van der Waals surface area contributed by atoms with Crippen LogP contribution in [0.2, 0.25) is 0 Å². The molecule has 1 fully saturated rings. The Labute approximate surface area is 182 Å². The molecule has 0 radical (unpaired) electrons. The van der Waals surface area contributed by atoms with E-state index in [1.165, 1.54) is 0 Å². The van der Waals surface area contributed by atoms with Gasteiger partial charge in [0.1, 0.15) is 6.04 Å². The van der Waals surface area contributed by atoms with E-state index in [0.717, 1.165) is 25.8 Å². The van der Waals surface area contributed by atoms with Crippen molar-refractivity contribution in [1.82, 2.24) is 20.4 Å². The van der Waals surface area contributed by atoms with E-state index in [1.807, 2.05) is 47.7 Å². The first-order valence-electron chi connectivity index (χ1n) is 11.2. The van der Waals surface area contributed by atoms with Crippen LogP contribution in [-0.2, 0) is 14.4 Å². The second kappa shape index (κ2) is 12.1. The Bertz CT molecular complexity index is 630. The fourth-order valence-electron chi connectivity index (χ4n) is 3.92. The summed E-state index contributed by atoms with van der Waals surface area (Å²) in [5, 5.41) is 5.81. The number of amides is 3. The first kappa shape index (κ1) is 26.1. The molecule has 0 aromatic rings. The minimum Gasteiger partial charge on any atom is -0.353 e. The summed E-state index contributed by atoms with van der Waals surface area (Å²) in [6, 6.07) is -1.02. The van der Waals surface area contributed by atoms with E-state index in [2.05, 4.69) is 15.5 Å². The van der Waals surface area contributed by atoms with Crippen LogP contribution >= 0.6 is 0 Å². The SMILES string of the molecule is CCNC(=O)/C(C)=C/[C@H](C(C)C)N(C)C(=O)C(NC(=O)[C@H]1CCCCN1C)C(C)C. The van der Waals surface area contributed by atoms with Crippen molar-refractivity contribution in [3.05, 3.63) is 11.6 Å². The molecule has 7 heteroatoms. The van der Waals surface area contributed by atoms with Gasteiger partial charge >= 0.3 is 0 Å². The molecule has 30 heavy (non-hydrogen) atoms. The van der Waals surface area contributed by atoms with Crippen molar-refractivity contribution < 1.29 is 14.4 Å². The van der Waals surface area contributed by atoms with Crippen molar-refractivity contribution in [1.29, 1.82) is 0 Å². The van der Waals surface area contributed by atoms with E-state index in [-0.39, 0.29) is 41.6 Å². The molecular formula is C23H42N4O3. The zero-order valence-corrected chi connectivity index (χ0v) is 20.1. The summed E-state index contributed by atoms with van der Waals surface area (Å²) in [6.07, 6.45) is 4.80. The summed E-state index contributed by atoms with van der Waals surface area (Å²) in [6.45, 7) is 13.0. The van der Waals surface area contributed by atoms with Gasteiger partial charge in [0.15, 0.2) is 0 Å². The third-order valence-corrected chi connectivity index (χ3v) is 5.90. The molecule has 1 aliphatic rings.